The molecule has 5 nitrogen and oxygen atoms in total. The third-order valence-electron chi connectivity index (χ3n) is 3.43. The van der Waals surface area contributed by atoms with Crippen molar-refractivity contribution in [3.05, 3.63) is 24.3 Å². The Morgan fingerprint density at radius 1 is 1.04 bits per heavy atom. The van der Waals surface area contributed by atoms with Crippen LogP contribution in [0.25, 0.3) is 0 Å². The number of carbonyl (C=O) groups is 1. The predicted octanol–water partition coefficient (Wildman–Crippen LogP) is 3.53. The van der Waals surface area contributed by atoms with Gasteiger partial charge in [0.25, 0.3) is 0 Å². The van der Waals surface area contributed by atoms with Crippen LogP contribution in [0.15, 0.2) is 29.2 Å². The van der Waals surface area contributed by atoms with Crippen LogP contribution in [0.4, 0.5) is 5.69 Å². The van der Waals surface area contributed by atoms with E-state index < -0.39 is 15.4 Å². The van der Waals surface area contributed by atoms with Crippen molar-refractivity contribution in [3.63, 3.8) is 0 Å². The van der Waals surface area contributed by atoms with E-state index in [0.717, 1.165) is 25.7 Å². The Hall–Kier alpha value is -1.40. The van der Waals surface area contributed by atoms with E-state index in [0.29, 0.717) is 12.2 Å². The van der Waals surface area contributed by atoms with Crippen molar-refractivity contribution in [1.29, 1.82) is 0 Å². The second-order valence-corrected chi connectivity index (χ2v) is 8.45. The number of unbranched alkanes of at least 4 members (excludes halogenated alkanes) is 3. The fraction of sp³-hybridized carbons (Fsp3) is 0.588. The van der Waals surface area contributed by atoms with Gasteiger partial charge in [-0.2, -0.15) is 0 Å². The lowest BCUT2D eigenvalue weighted by atomic mass is 9.95. The zero-order valence-electron chi connectivity index (χ0n) is 14.5. The normalized spacial score (nSPS) is 12.2. The number of carbonyl (C=O) groups excluding carboxylic acids is 1. The van der Waals surface area contributed by atoms with E-state index in [9.17, 15) is 13.2 Å². The number of nitrogens with one attached hydrogen (secondary N) is 2. The summed E-state index contributed by atoms with van der Waals surface area (Å²) in [7, 11) is -3.48. The first-order chi connectivity index (χ1) is 10.7. The topological polar surface area (TPSA) is 75.3 Å². The summed E-state index contributed by atoms with van der Waals surface area (Å²) < 4.78 is 26.9. The molecule has 0 saturated heterocycles. The molecule has 0 fully saturated rings. The summed E-state index contributed by atoms with van der Waals surface area (Å²) in [5, 5.41) is 2.77. The molecule has 0 spiro atoms. The summed E-state index contributed by atoms with van der Waals surface area (Å²) >= 11 is 0. The minimum Gasteiger partial charge on any atom is -0.326 e. The van der Waals surface area contributed by atoms with Gasteiger partial charge in [-0.1, -0.05) is 47.0 Å². The molecule has 0 aliphatic heterocycles. The number of amides is 1. The van der Waals surface area contributed by atoms with Crippen LogP contribution < -0.4 is 10.0 Å². The molecule has 2 N–H and O–H groups in total. The highest BCUT2D eigenvalue weighted by Gasteiger charge is 2.21. The summed E-state index contributed by atoms with van der Waals surface area (Å²) in [6, 6.07) is 6.23. The van der Waals surface area contributed by atoms with Crippen molar-refractivity contribution >= 4 is 21.6 Å². The maximum atomic E-state index is 12.2. The van der Waals surface area contributed by atoms with Crippen molar-refractivity contribution in [1.82, 2.24) is 4.72 Å². The Kier molecular flexibility index (Phi) is 7.22. The van der Waals surface area contributed by atoms with Gasteiger partial charge in [-0.15, -0.1) is 0 Å². The van der Waals surface area contributed by atoms with E-state index in [1.165, 1.54) is 12.1 Å². The average Bonchev–Trinajstić information content (AvgIpc) is 2.46. The SMILES string of the molecule is CCCCCCNS(=O)(=O)c1ccc(NC(=O)C(C)(C)C)cc1. The standard InChI is InChI=1S/C17H28N2O3S/c1-5-6-7-8-13-18-23(21,22)15-11-9-14(10-12-15)19-16(20)17(2,3)4/h9-12,18H,5-8,13H2,1-4H3,(H,19,20). The quantitative estimate of drug-likeness (QED) is 0.711. The van der Waals surface area contributed by atoms with Gasteiger partial charge in [-0.3, -0.25) is 4.79 Å². The van der Waals surface area contributed by atoms with Gasteiger partial charge in [0.1, 0.15) is 0 Å². The number of anilines is 1. The third-order valence-corrected chi connectivity index (χ3v) is 4.90. The van der Waals surface area contributed by atoms with Crippen LogP contribution in [0, 0.1) is 5.41 Å². The summed E-state index contributed by atoms with van der Waals surface area (Å²) in [5.74, 6) is -0.109. The van der Waals surface area contributed by atoms with E-state index in [1.54, 1.807) is 12.1 Å². The van der Waals surface area contributed by atoms with E-state index >= 15 is 0 Å². The van der Waals surface area contributed by atoms with E-state index in [4.69, 9.17) is 0 Å². The molecule has 0 aliphatic rings. The molecular weight excluding hydrogens is 312 g/mol. The first-order valence-electron chi connectivity index (χ1n) is 8.08. The molecule has 1 amide bonds. The molecule has 0 bridgehead atoms. The van der Waals surface area contributed by atoms with Gasteiger partial charge in [-0.05, 0) is 30.7 Å². The molecule has 130 valence electrons. The Balaban J connectivity index is 2.63. The molecule has 0 aromatic heterocycles. The predicted molar refractivity (Wildman–Crippen MR) is 93.9 cm³/mol. The van der Waals surface area contributed by atoms with Crippen LogP contribution in [0.3, 0.4) is 0 Å². The monoisotopic (exact) mass is 340 g/mol. The highest BCUT2D eigenvalue weighted by atomic mass is 32.2. The van der Waals surface area contributed by atoms with Crippen LogP contribution in [-0.4, -0.2) is 20.9 Å². The smallest absolute Gasteiger partial charge is 0.240 e. The summed E-state index contributed by atoms with van der Waals surface area (Å²) in [6.07, 6.45) is 4.10. The minimum atomic E-state index is -3.48. The Bertz CT molecular complexity index is 602. The third kappa shape index (κ3) is 6.71. The molecule has 1 aromatic rings. The lowest BCUT2D eigenvalue weighted by molar-refractivity contribution is -0.123. The molecule has 1 aromatic carbocycles. The van der Waals surface area contributed by atoms with Crippen molar-refractivity contribution in [2.75, 3.05) is 11.9 Å². The zero-order valence-corrected chi connectivity index (χ0v) is 15.3. The molecule has 23 heavy (non-hydrogen) atoms. The maximum Gasteiger partial charge on any atom is 0.240 e. The molecule has 0 unspecified atom stereocenters. The van der Waals surface area contributed by atoms with E-state index in [1.807, 2.05) is 20.8 Å². The van der Waals surface area contributed by atoms with Crippen LogP contribution in [0.2, 0.25) is 0 Å². The van der Waals surface area contributed by atoms with Crippen molar-refractivity contribution < 1.29 is 13.2 Å². The number of hydrogen-bond acceptors (Lipinski definition) is 3. The first-order valence-corrected chi connectivity index (χ1v) is 9.56. The summed E-state index contributed by atoms with van der Waals surface area (Å²) in [6.45, 7) is 8.03. The summed E-state index contributed by atoms with van der Waals surface area (Å²) in [4.78, 5) is 12.1. The second-order valence-electron chi connectivity index (χ2n) is 6.69. The molecule has 0 radical (unpaired) electrons. The van der Waals surface area contributed by atoms with Gasteiger partial charge in [0.05, 0.1) is 4.90 Å². The van der Waals surface area contributed by atoms with Gasteiger partial charge in [0, 0.05) is 17.6 Å². The Labute approximate surface area is 139 Å². The molecule has 0 atom stereocenters. The highest BCUT2D eigenvalue weighted by molar-refractivity contribution is 7.89. The number of sulfonamides is 1. The number of rotatable bonds is 8. The molecule has 6 heteroatoms. The largest absolute Gasteiger partial charge is 0.326 e. The number of benzene rings is 1. The Morgan fingerprint density at radius 3 is 2.17 bits per heavy atom. The second kappa shape index (κ2) is 8.45. The lowest BCUT2D eigenvalue weighted by Crippen LogP contribution is -2.27. The molecule has 0 heterocycles. The molecule has 0 aliphatic carbocycles. The van der Waals surface area contributed by atoms with Crippen LogP contribution >= 0.6 is 0 Å². The van der Waals surface area contributed by atoms with E-state index in [-0.39, 0.29) is 10.8 Å². The minimum absolute atomic E-state index is 0.109. The van der Waals surface area contributed by atoms with Crippen LogP contribution in [0.5, 0.6) is 0 Å². The maximum absolute atomic E-state index is 12.2. The molecule has 1 rings (SSSR count). The van der Waals surface area contributed by atoms with Gasteiger partial charge >= 0.3 is 0 Å². The van der Waals surface area contributed by atoms with Crippen LogP contribution in [0.1, 0.15) is 53.4 Å². The first kappa shape index (κ1) is 19.6. The fourth-order valence-electron chi connectivity index (χ4n) is 1.88. The van der Waals surface area contributed by atoms with E-state index in [2.05, 4.69) is 17.0 Å². The highest BCUT2D eigenvalue weighted by Crippen LogP contribution is 2.19. The van der Waals surface area contributed by atoms with Crippen LogP contribution in [-0.2, 0) is 14.8 Å². The van der Waals surface area contributed by atoms with Crippen molar-refractivity contribution in [2.24, 2.45) is 5.41 Å². The van der Waals surface area contributed by atoms with Gasteiger partial charge in [0.15, 0.2) is 0 Å². The Morgan fingerprint density at radius 2 is 1.65 bits per heavy atom. The van der Waals surface area contributed by atoms with Crippen molar-refractivity contribution in [2.45, 2.75) is 58.3 Å². The van der Waals surface area contributed by atoms with Gasteiger partial charge in [-0.25, -0.2) is 13.1 Å². The lowest BCUT2D eigenvalue weighted by Gasteiger charge is -2.17. The number of hydrogen-bond donors (Lipinski definition) is 2. The summed E-state index contributed by atoms with van der Waals surface area (Å²) in [5.41, 5.74) is 0.0944. The van der Waals surface area contributed by atoms with Gasteiger partial charge in [0.2, 0.25) is 15.9 Å². The van der Waals surface area contributed by atoms with Gasteiger partial charge < -0.3 is 5.32 Å². The average molecular weight is 340 g/mol. The zero-order chi connectivity index (χ0) is 17.5. The molecule has 0 saturated carbocycles. The van der Waals surface area contributed by atoms with Crippen molar-refractivity contribution in [3.8, 4) is 0 Å². The molecular formula is C17H28N2O3S. The fourth-order valence-corrected chi connectivity index (χ4v) is 2.95.